The first-order valence-corrected chi connectivity index (χ1v) is 9.29. The first kappa shape index (κ1) is 20.0. The number of nitrogens with one attached hydrogen (secondary N) is 1. The summed E-state index contributed by atoms with van der Waals surface area (Å²) < 4.78 is 10.8. The van der Waals surface area contributed by atoms with Crippen LogP contribution in [0.15, 0.2) is 42.5 Å². The van der Waals surface area contributed by atoms with Gasteiger partial charge in [0.15, 0.2) is 5.78 Å². The Hall–Kier alpha value is -2.76. The lowest BCUT2D eigenvalue weighted by atomic mass is 9.93. The van der Waals surface area contributed by atoms with Crippen molar-refractivity contribution in [3.63, 3.8) is 0 Å². The van der Waals surface area contributed by atoms with Crippen LogP contribution in [0.1, 0.15) is 27.9 Å². The van der Waals surface area contributed by atoms with Crippen molar-refractivity contribution < 1.29 is 19.4 Å². The molecule has 0 amide bonds. The van der Waals surface area contributed by atoms with Crippen molar-refractivity contribution in [2.45, 2.75) is 6.42 Å². The molecule has 5 nitrogen and oxygen atoms in total. The summed E-state index contributed by atoms with van der Waals surface area (Å²) in [6, 6.07) is 8.80. The Bertz CT molecular complexity index is 950. The molecule has 0 saturated heterocycles. The van der Waals surface area contributed by atoms with Crippen LogP contribution in [0.25, 0.3) is 11.6 Å². The summed E-state index contributed by atoms with van der Waals surface area (Å²) in [5.74, 6) is 0.226. The number of ketones is 1. The number of hydrogen-bond acceptors (Lipinski definition) is 5. The number of benzene rings is 2. The molecule has 1 aliphatic rings. The average Bonchev–Trinajstić information content (AvgIpc) is 2.71. The van der Waals surface area contributed by atoms with Gasteiger partial charge in [0.05, 0.1) is 19.8 Å². The maximum Gasteiger partial charge on any atom is 0.193 e. The molecule has 2 N–H and O–H groups in total. The highest BCUT2D eigenvalue weighted by atomic mass is 35.5. The second-order valence-corrected chi connectivity index (χ2v) is 6.75. The van der Waals surface area contributed by atoms with Crippen molar-refractivity contribution in [2.75, 3.05) is 27.3 Å². The van der Waals surface area contributed by atoms with Crippen molar-refractivity contribution in [1.82, 2.24) is 5.32 Å². The highest BCUT2D eigenvalue weighted by Gasteiger charge is 2.25. The van der Waals surface area contributed by atoms with E-state index >= 15 is 0 Å². The fraction of sp³-hybridized carbons (Fsp3) is 0.227. The number of aromatic hydroxyl groups is 1. The highest BCUT2D eigenvalue weighted by Crippen LogP contribution is 2.43. The number of ether oxygens (including phenoxy) is 2. The van der Waals surface area contributed by atoms with Crippen molar-refractivity contribution in [3.05, 3.63) is 64.2 Å². The van der Waals surface area contributed by atoms with E-state index in [4.69, 9.17) is 21.1 Å². The largest absolute Gasteiger partial charge is 0.506 e. The zero-order valence-corrected chi connectivity index (χ0v) is 16.5. The monoisotopic (exact) mass is 399 g/mol. The van der Waals surface area contributed by atoms with E-state index < -0.39 is 0 Å². The maximum atomic E-state index is 12.9. The van der Waals surface area contributed by atoms with Gasteiger partial charge in [0.1, 0.15) is 22.8 Å². The molecular weight excluding hydrogens is 378 g/mol. The third-order valence-electron chi connectivity index (χ3n) is 4.58. The van der Waals surface area contributed by atoms with Crippen LogP contribution in [0.3, 0.4) is 0 Å². The van der Waals surface area contributed by atoms with E-state index in [2.05, 4.69) is 5.32 Å². The van der Waals surface area contributed by atoms with Gasteiger partial charge in [-0.1, -0.05) is 35.9 Å². The normalized spacial score (nSPS) is 14.0. The summed E-state index contributed by atoms with van der Waals surface area (Å²) in [5.41, 5.74) is 2.36. The molecule has 0 bridgehead atoms. The topological polar surface area (TPSA) is 67.8 Å². The molecule has 0 saturated carbocycles. The number of hydrogen-bond donors (Lipinski definition) is 2. The van der Waals surface area contributed by atoms with Crippen LogP contribution in [-0.4, -0.2) is 38.2 Å². The Labute approximate surface area is 169 Å². The van der Waals surface area contributed by atoms with Crippen molar-refractivity contribution in [3.8, 4) is 17.2 Å². The molecule has 0 atom stereocenters. The maximum absolute atomic E-state index is 12.9. The van der Waals surface area contributed by atoms with Crippen molar-refractivity contribution >= 4 is 29.0 Å². The minimum absolute atomic E-state index is 0.107. The third-order valence-corrected chi connectivity index (χ3v) is 4.81. The quantitative estimate of drug-likeness (QED) is 0.558. The molecule has 28 heavy (non-hydrogen) atoms. The number of methoxy groups -OCH3 is 2. The Kier molecular flexibility index (Phi) is 6.39. The number of carbonyl (C=O) groups is 1. The number of phenolic OH excluding ortho intramolecular Hbond substituents is 1. The standard InChI is InChI=1S/C22H22ClNO4/c1-27-18-13-19(28-2)21(22(26)20(18)15-8-10-24-11-9-15)17(25)7-6-14-4-3-5-16(23)12-14/h3-8,12-13,24,26H,9-11H2,1-2H3/b7-6+. The summed E-state index contributed by atoms with van der Waals surface area (Å²) in [6.07, 6.45) is 5.77. The molecule has 0 aliphatic carbocycles. The second kappa shape index (κ2) is 8.95. The van der Waals surface area contributed by atoms with Gasteiger partial charge < -0.3 is 19.9 Å². The molecule has 146 valence electrons. The van der Waals surface area contributed by atoms with E-state index in [1.807, 2.05) is 12.1 Å². The SMILES string of the molecule is COc1cc(OC)c(C2=CCNCC2)c(O)c1C(=O)/C=C/c1cccc(Cl)c1. The lowest BCUT2D eigenvalue weighted by Crippen LogP contribution is -2.20. The van der Waals surface area contributed by atoms with E-state index in [0.717, 1.165) is 24.1 Å². The summed E-state index contributed by atoms with van der Waals surface area (Å²) in [4.78, 5) is 12.9. The number of carbonyl (C=O) groups excluding carboxylic acids is 1. The first-order valence-electron chi connectivity index (χ1n) is 8.91. The lowest BCUT2D eigenvalue weighted by Gasteiger charge is -2.20. The van der Waals surface area contributed by atoms with Crippen LogP contribution in [0.4, 0.5) is 0 Å². The smallest absolute Gasteiger partial charge is 0.193 e. The summed E-state index contributed by atoms with van der Waals surface area (Å²) >= 11 is 5.99. The predicted molar refractivity (Wildman–Crippen MR) is 111 cm³/mol. The van der Waals surface area contributed by atoms with Crippen LogP contribution < -0.4 is 14.8 Å². The lowest BCUT2D eigenvalue weighted by molar-refractivity contribution is 0.104. The molecular formula is C22H22ClNO4. The molecule has 2 aromatic rings. The zero-order valence-electron chi connectivity index (χ0n) is 15.8. The van der Waals surface area contributed by atoms with E-state index in [9.17, 15) is 9.90 Å². The predicted octanol–water partition coefficient (Wildman–Crippen LogP) is 4.34. The van der Waals surface area contributed by atoms with Crippen LogP contribution in [0.5, 0.6) is 17.2 Å². The van der Waals surface area contributed by atoms with E-state index in [1.165, 1.54) is 20.3 Å². The van der Waals surface area contributed by atoms with Crippen molar-refractivity contribution in [1.29, 1.82) is 0 Å². The minimum atomic E-state index is -0.368. The Morgan fingerprint density at radius 3 is 2.64 bits per heavy atom. The molecule has 1 aliphatic heterocycles. The molecule has 1 heterocycles. The molecule has 0 spiro atoms. The number of halogens is 1. The van der Waals surface area contributed by atoms with E-state index in [0.29, 0.717) is 22.9 Å². The van der Waals surface area contributed by atoms with Gasteiger partial charge in [0.2, 0.25) is 0 Å². The first-order chi connectivity index (χ1) is 13.5. The van der Waals surface area contributed by atoms with Gasteiger partial charge in [-0.2, -0.15) is 0 Å². The Balaban J connectivity index is 2.06. The van der Waals surface area contributed by atoms with Gasteiger partial charge in [0, 0.05) is 17.6 Å². The molecule has 0 aromatic heterocycles. The van der Waals surface area contributed by atoms with E-state index in [-0.39, 0.29) is 22.8 Å². The van der Waals surface area contributed by atoms with Gasteiger partial charge in [-0.3, -0.25) is 4.79 Å². The molecule has 0 radical (unpaired) electrons. The molecule has 3 rings (SSSR count). The average molecular weight is 400 g/mol. The van der Waals surface area contributed by atoms with Crippen LogP contribution in [0, 0.1) is 0 Å². The Morgan fingerprint density at radius 1 is 1.21 bits per heavy atom. The number of allylic oxidation sites excluding steroid dienone is 1. The molecule has 6 heteroatoms. The van der Waals surface area contributed by atoms with Gasteiger partial charge >= 0.3 is 0 Å². The Morgan fingerprint density at radius 2 is 2.00 bits per heavy atom. The van der Waals surface area contributed by atoms with Gasteiger partial charge in [-0.25, -0.2) is 0 Å². The fourth-order valence-electron chi connectivity index (χ4n) is 3.21. The van der Waals surface area contributed by atoms with Crippen LogP contribution in [0.2, 0.25) is 5.02 Å². The zero-order chi connectivity index (χ0) is 20.1. The van der Waals surface area contributed by atoms with Gasteiger partial charge in [-0.15, -0.1) is 0 Å². The van der Waals surface area contributed by atoms with Crippen LogP contribution >= 0.6 is 11.6 Å². The second-order valence-electron chi connectivity index (χ2n) is 6.32. The fourth-order valence-corrected chi connectivity index (χ4v) is 3.41. The van der Waals surface area contributed by atoms with E-state index in [1.54, 1.807) is 30.3 Å². The van der Waals surface area contributed by atoms with Crippen molar-refractivity contribution in [2.24, 2.45) is 0 Å². The minimum Gasteiger partial charge on any atom is -0.506 e. The molecule has 2 aromatic carbocycles. The van der Waals surface area contributed by atoms with Gasteiger partial charge in [0.25, 0.3) is 0 Å². The highest BCUT2D eigenvalue weighted by molar-refractivity contribution is 6.30. The molecule has 0 unspecified atom stereocenters. The number of rotatable bonds is 6. The van der Waals surface area contributed by atoms with Crippen LogP contribution in [-0.2, 0) is 0 Å². The molecule has 0 fully saturated rings. The number of phenols is 1. The summed E-state index contributed by atoms with van der Waals surface area (Å²) in [7, 11) is 2.98. The summed E-state index contributed by atoms with van der Waals surface area (Å²) in [6.45, 7) is 1.49. The third kappa shape index (κ3) is 4.21. The summed E-state index contributed by atoms with van der Waals surface area (Å²) in [5, 5.41) is 14.8. The van der Waals surface area contributed by atoms with Gasteiger partial charge in [-0.05, 0) is 42.3 Å².